The van der Waals surface area contributed by atoms with Crippen LogP contribution in [-0.4, -0.2) is 46.6 Å². The van der Waals surface area contributed by atoms with E-state index in [4.69, 9.17) is 21.1 Å². The van der Waals surface area contributed by atoms with E-state index in [1.165, 1.54) is 0 Å². The number of halogens is 1. The van der Waals surface area contributed by atoms with Gasteiger partial charge in [0.25, 0.3) is 0 Å². The summed E-state index contributed by atoms with van der Waals surface area (Å²) in [6.07, 6.45) is 0.266. The van der Waals surface area contributed by atoms with Crippen LogP contribution in [0.5, 0.6) is 0 Å². The lowest BCUT2D eigenvalue weighted by Crippen LogP contribution is -2.24. The molecule has 0 aromatic heterocycles. The number of rotatable bonds is 10. The van der Waals surface area contributed by atoms with Crippen molar-refractivity contribution in [2.24, 2.45) is 0 Å². The second-order valence-corrected chi connectivity index (χ2v) is 5.69. The van der Waals surface area contributed by atoms with Gasteiger partial charge < -0.3 is 19.7 Å². The number of likely N-dealkylation sites (N-methyl/N-ethyl adjacent to an activating group) is 1. The standard InChI is InChI=1S/C16H27ClN2O2/c1-13(2)21-10-8-19(3)15-6-5-14(16(17)11-15)12-18-7-9-20-4/h5-6,11,13,18H,7-10,12H2,1-4H3. The van der Waals surface area contributed by atoms with Crippen molar-refractivity contribution in [2.75, 3.05) is 45.4 Å². The van der Waals surface area contributed by atoms with Crippen LogP contribution in [0.2, 0.25) is 5.02 Å². The Kier molecular flexibility index (Phi) is 8.69. The molecule has 1 N–H and O–H groups in total. The number of nitrogens with zero attached hydrogens (tertiary/aromatic N) is 1. The maximum absolute atomic E-state index is 6.34. The van der Waals surface area contributed by atoms with Crippen LogP contribution in [-0.2, 0) is 16.0 Å². The van der Waals surface area contributed by atoms with E-state index in [1.807, 2.05) is 27.0 Å². The van der Waals surface area contributed by atoms with Crippen molar-refractivity contribution in [1.82, 2.24) is 5.32 Å². The van der Waals surface area contributed by atoms with Gasteiger partial charge in [-0.25, -0.2) is 0 Å². The highest BCUT2D eigenvalue weighted by Gasteiger charge is 2.06. The molecule has 120 valence electrons. The third-order valence-corrected chi connectivity index (χ3v) is 3.51. The van der Waals surface area contributed by atoms with E-state index in [1.54, 1.807) is 7.11 Å². The van der Waals surface area contributed by atoms with Crippen molar-refractivity contribution in [2.45, 2.75) is 26.5 Å². The smallest absolute Gasteiger partial charge is 0.0644 e. The molecule has 21 heavy (non-hydrogen) atoms. The summed E-state index contributed by atoms with van der Waals surface area (Å²) in [5, 5.41) is 4.08. The van der Waals surface area contributed by atoms with Crippen LogP contribution in [0.3, 0.4) is 0 Å². The first kappa shape index (κ1) is 18.2. The maximum atomic E-state index is 6.34. The average molecular weight is 315 g/mol. The van der Waals surface area contributed by atoms with E-state index in [-0.39, 0.29) is 6.10 Å². The van der Waals surface area contributed by atoms with Gasteiger partial charge in [0.1, 0.15) is 0 Å². The van der Waals surface area contributed by atoms with Crippen LogP contribution < -0.4 is 10.2 Å². The minimum atomic E-state index is 0.266. The largest absolute Gasteiger partial charge is 0.383 e. The molecule has 0 fully saturated rings. The van der Waals surface area contributed by atoms with Gasteiger partial charge in [0.05, 0.1) is 19.3 Å². The Balaban J connectivity index is 2.48. The topological polar surface area (TPSA) is 33.7 Å². The highest BCUT2D eigenvalue weighted by molar-refractivity contribution is 6.31. The van der Waals surface area contributed by atoms with Gasteiger partial charge in [-0.05, 0) is 31.5 Å². The lowest BCUT2D eigenvalue weighted by Gasteiger charge is -2.21. The number of methoxy groups -OCH3 is 1. The molecular weight excluding hydrogens is 288 g/mol. The SMILES string of the molecule is COCCNCc1ccc(N(C)CCOC(C)C)cc1Cl. The molecule has 0 atom stereocenters. The molecule has 0 saturated heterocycles. The minimum Gasteiger partial charge on any atom is -0.383 e. The van der Waals surface area contributed by atoms with E-state index in [0.29, 0.717) is 13.2 Å². The van der Waals surface area contributed by atoms with Gasteiger partial charge in [-0.15, -0.1) is 0 Å². The van der Waals surface area contributed by atoms with Crippen LogP contribution in [0.25, 0.3) is 0 Å². The predicted octanol–water partition coefficient (Wildman–Crippen LogP) is 2.94. The summed E-state index contributed by atoms with van der Waals surface area (Å²) in [5.41, 5.74) is 2.20. The highest BCUT2D eigenvalue weighted by atomic mass is 35.5. The molecule has 0 spiro atoms. The van der Waals surface area contributed by atoms with Gasteiger partial charge in [0.2, 0.25) is 0 Å². The molecule has 0 radical (unpaired) electrons. The molecule has 1 aromatic rings. The van der Waals surface area contributed by atoms with Crippen LogP contribution in [0.1, 0.15) is 19.4 Å². The van der Waals surface area contributed by atoms with Gasteiger partial charge in [0.15, 0.2) is 0 Å². The molecule has 0 bridgehead atoms. The zero-order chi connectivity index (χ0) is 15.7. The molecule has 0 saturated carbocycles. The average Bonchev–Trinajstić information content (AvgIpc) is 2.44. The first-order valence-corrected chi connectivity index (χ1v) is 7.73. The third kappa shape index (κ3) is 7.14. The van der Waals surface area contributed by atoms with Gasteiger partial charge in [0, 0.05) is 44.5 Å². The molecule has 0 aliphatic rings. The molecule has 0 aliphatic carbocycles. The van der Waals surface area contributed by atoms with E-state index >= 15 is 0 Å². The Morgan fingerprint density at radius 3 is 2.67 bits per heavy atom. The minimum absolute atomic E-state index is 0.266. The molecule has 5 heteroatoms. The van der Waals surface area contributed by atoms with Crippen molar-refractivity contribution in [3.8, 4) is 0 Å². The first-order chi connectivity index (χ1) is 10.0. The van der Waals surface area contributed by atoms with Crippen molar-refractivity contribution in [1.29, 1.82) is 0 Å². The summed E-state index contributed by atoms with van der Waals surface area (Å²) >= 11 is 6.34. The van der Waals surface area contributed by atoms with E-state index in [9.17, 15) is 0 Å². The van der Waals surface area contributed by atoms with Gasteiger partial charge in [-0.1, -0.05) is 17.7 Å². The number of benzene rings is 1. The Labute approximate surface area is 133 Å². The maximum Gasteiger partial charge on any atom is 0.0644 e. The van der Waals surface area contributed by atoms with Gasteiger partial charge in [-0.2, -0.15) is 0 Å². The summed E-state index contributed by atoms with van der Waals surface area (Å²) < 4.78 is 10.6. The van der Waals surface area contributed by atoms with Gasteiger partial charge in [-0.3, -0.25) is 0 Å². The van der Waals surface area contributed by atoms with Crippen LogP contribution >= 0.6 is 11.6 Å². The second kappa shape index (κ2) is 10.0. The fraction of sp³-hybridized carbons (Fsp3) is 0.625. The number of hydrogen-bond donors (Lipinski definition) is 1. The Morgan fingerprint density at radius 1 is 1.29 bits per heavy atom. The molecule has 0 aliphatic heterocycles. The van der Waals surface area contributed by atoms with Crippen molar-refractivity contribution < 1.29 is 9.47 Å². The van der Waals surface area contributed by atoms with E-state index in [2.05, 4.69) is 22.3 Å². The lowest BCUT2D eigenvalue weighted by atomic mass is 10.2. The number of nitrogens with one attached hydrogen (secondary N) is 1. The Morgan fingerprint density at radius 2 is 2.05 bits per heavy atom. The molecule has 0 amide bonds. The number of hydrogen-bond acceptors (Lipinski definition) is 4. The molecule has 0 unspecified atom stereocenters. The summed E-state index contributed by atoms with van der Waals surface area (Å²) in [5.74, 6) is 0. The third-order valence-electron chi connectivity index (χ3n) is 3.15. The fourth-order valence-electron chi connectivity index (χ4n) is 1.87. The monoisotopic (exact) mass is 314 g/mol. The molecular formula is C16H27ClN2O2. The lowest BCUT2D eigenvalue weighted by molar-refractivity contribution is 0.0846. The van der Waals surface area contributed by atoms with Crippen LogP contribution in [0.15, 0.2) is 18.2 Å². The van der Waals surface area contributed by atoms with Crippen molar-refractivity contribution in [3.63, 3.8) is 0 Å². The Bertz CT molecular complexity index is 413. The number of ether oxygens (including phenoxy) is 2. The van der Waals surface area contributed by atoms with Crippen molar-refractivity contribution in [3.05, 3.63) is 28.8 Å². The zero-order valence-corrected chi connectivity index (χ0v) is 14.2. The quantitative estimate of drug-likeness (QED) is 0.673. The summed E-state index contributed by atoms with van der Waals surface area (Å²) in [6.45, 7) is 7.93. The van der Waals surface area contributed by atoms with E-state index < -0.39 is 0 Å². The molecule has 0 heterocycles. The van der Waals surface area contributed by atoms with E-state index in [0.717, 1.165) is 35.9 Å². The van der Waals surface area contributed by atoms with Crippen LogP contribution in [0.4, 0.5) is 5.69 Å². The predicted molar refractivity (Wildman–Crippen MR) is 89.4 cm³/mol. The second-order valence-electron chi connectivity index (χ2n) is 5.29. The Hall–Kier alpha value is -0.810. The van der Waals surface area contributed by atoms with Gasteiger partial charge >= 0.3 is 0 Å². The summed E-state index contributed by atoms with van der Waals surface area (Å²) in [7, 11) is 3.74. The zero-order valence-electron chi connectivity index (χ0n) is 13.5. The molecule has 1 rings (SSSR count). The highest BCUT2D eigenvalue weighted by Crippen LogP contribution is 2.23. The summed E-state index contributed by atoms with van der Waals surface area (Å²) in [6, 6.07) is 6.16. The number of anilines is 1. The normalized spacial score (nSPS) is 11.1. The molecule has 1 aromatic carbocycles. The summed E-state index contributed by atoms with van der Waals surface area (Å²) in [4.78, 5) is 2.15. The van der Waals surface area contributed by atoms with Crippen LogP contribution in [0, 0.1) is 0 Å². The first-order valence-electron chi connectivity index (χ1n) is 7.35. The molecule has 4 nitrogen and oxygen atoms in total. The van der Waals surface area contributed by atoms with Crippen molar-refractivity contribution >= 4 is 17.3 Å². The fourth-order valence-corrected chi connectivity index (χ4v) is 2.11.